The number of benzene rings is 1. The van der Waals surface area contributed by atoms with Gasteiger partial charge in [-0.3, -0.25) is 14.5 Å². The second-order valence-corrected chi connectivity index (χ2v) is 17.2. The Balaban J connectivity index is 2.17. The van der Waals surface area contributed by atoms with Crippen LogP contribution in [0.1, 0.15) is 239 Å². The number of ether oxygens (including phenoxy) is 2. The first-order valence-electron chi connectivity index (χ1n) is 24.6. The van der Waals surface area contributed by atoms with Crippen molar-refractivity contribution >= 4 is 11.9 Å². The molecule has 0 fully saturated rings. The molecular weight excluding hydrogens is 691 g/mol. The lowest BCUT2D eigenvalue weighted by Crippen LogP contribution is -2.25. The third kappa shape index (κ3) is 33.1. The Morgan fingerprint density at radius 2 is 0.804 bits per heavy atom. The fourth-order valence-corrected chi connectivity index (χ4v) is 8.16. The maximum atomic E-state index is 12.4. The van der Waals surface area contributed by atoms with E-state index in [4.69, 9.17) is 9.47 Å². The van der Waals surface area contributed by atoms with Crippen molar-refractivity contribution in [2.24, 2.45) is 11.8 Å². The van der Waals surface area contributed by atoms with Gasteiger partial charge in [-0.15, -0.1) is 0 Å². The second kappa shape index (κ2) is 39.9. The fourth-order valence-electron chi connectivity index (χ4n) is 8.16. The summed E-state index contributed by atoms with van der Waals surface area (Å²) in [5.41, 5.74) is 1.41. The normalized spacial score (nSPS) is 11.6. The average Bonchev–Trinajstić information content (AvgIpc) is 3.20. The third-order valence-electron chi connectivity index (χ3n) is 11.9. The lowest BCUT2D eigenvalue weighted by Gasteiger charge is -2.22. The molecule has 0 bridgehead atoms. The van der Waals surface area contributed by atoms with E-state index in [-0.39, 0.29) is 11.9 Å². The van der Waals surface area contributed by atoms with Gasteiger partial charge in [0, 0.05) is 19.4 Å². The van der Waals surface area contributed by atoms with E-state index >= 15 is 0 Å². The summed E-state index contributed by atoms with van der Waals surface area (Å²) in [6.07, 6.45) is 38.1. The highest BCUT2D eigenvalue weighted by atomic mass is 16.5. The summed E-state index contributed by atoms with van der Waals surface area (Å²) in [5, 5.41) is 0. The molecule has 5 nitrogen and oxygen atoms in total. The Morgan fingerprint density at radius 3 is 1.18 bits per heavy atom. The van der Waals surface area contributed by atoms with Crippen molar-refractivity contribution in [3.8, 4) is 0 Å². The standard InChI is InChI=1S/C51H93NO4/c1-5-9-22-32-47(33-23-10-6-2)38-40-50(53)55-44-30-19-15-13-17-28-42-52(46-49-36-26-21-27-37-49)43-29-18-14-16-20-31-45-56-51(54)41-39-48(34-24-11-7-3)35-25-12-8-4/h21,26-27,36-37,47-48H,5-20,22-25,28-35,38-46H2,1-4H3. The number of nitrogens with zero attached hydrogens (tertiary/aromatic N) is 1. The summed E-state index contributed by atoms with van der Waals surface area (Å²) in [5.74, 6) is 1.42. The Morgan fingerprint density at radius 1 is 0.446 bits per heavy atom. The van der Waals surface area contributed by atoms with E-state index in [1.165, 1.54) is 160 Å². The predicted molar refractivity (Wildman–Crippen MR) is 241 cm³/mol. The van der Waals surface area contributed by atoms with Crippen LogP contribution < -0.4 is 0 Å². The van der Waals surface area contributed by atoms with Gasteiger partial charge in [-0.25, -0.2) is 0 Å². The lowest BCUT2D eigenvalue weighted by molar-refractivity contribution is -0.145. The second-order valence-electron chi connectivity index (χ2n) is 17.2. The van der Waals surface area contributed by atoms with Crippen LogP contribution in [0.4, 0.5) is 0 Å². The minimum Gasteiger partial charge on any atom is -0.466 e. The Kier molecular flexibility index (Phi) is 37.2. The highest BCUT2D eigenvalue weighted by Gasteiger charge is 2.14. The van der Waals surface area contributed by atoms with Crippen LogP contribution >= 0.6 is 0 Å². The minimum atomic E-state index is 0.0158. The van der Waals surface area contributed by atoms with Crippen molar-refractivity contribution in [1.29, 1.82) is 0 Å². The van der Waals surface area contributed by atoms with Gasteiger partial charge in [0.25, 0.3) is 0 Å². The number of carbonyl (C=O) groups excluding carboxylic acids is 2. The molecule has 0 aliphatic rings. The van der Waals surface area contributed by atoms with Crippen LogP contribution in [0.15, 0.2) is 30.3 Å². The van der Waals surface area contributed by atoms with Gasteiger partial charge >= 0.3 is 11.9 Å². The van der Waals surface area contributed by atoms with Crippen LogP contribution in [0, 0.1) is 11.8 Å². The van der Waals surface area contributed by atoms with Gasteiger partial charge in [-0.05, 0) is 69.0 Å². The quantitative estimate of drug-likeness (QED) is 0.0488. The Hall–Kier alpha value is -1.88. The summed E-state index contributed by atoms with van der Waals surface area (Å²) in [6.45, 7) is 13.6. The molecule has 1 rings (SSSR count). The van der Waals surface area contributed by atoms with Crippen LogP contribution in [0.2, 0.25) is 0 Å². The van der Waals surface area contributed by atoms with Crippen LogP contribution in [0.5, 0.6) is 0 Å². The summed E-state index contributed by atoms with van der Waals surface area (Å²) >= 11 is 0. The number of hydrogen-bond donors (Lipinski definition) is 0. The summed E-state index contributed by atoms with van der Waals surface area (Å²) in [6, 6.07) is 10.9. The molecule has 0 amide bonds. The topological polar surface area (TPSA) is 55.8 Å². The number of rotatable bonds is 42. The van der Waals surface area contributed by atoms with E-state index < -0.39 is 0 Å². The molecule has 0 spiro atoms. The highest BCUT2D eigenvalue weighted by molar-refractivity contribution is 5.69. The number of hydrogen-bond acceptors (Lipinski definition) is 5. The fraction of sp³-hybridized carbons (Fsp3) is 0.843. The number of esters is 2. The van der Waals surface area contributed by atoms with Gasteiger partial charge < -0.3 is 9.47 Å². The molecule has 0 radical (unpaired) electrons. The van der Waals surface area contributed by atoms with Crippen LogP contribution in [0.3, 0.4) is 0 Å². The molecule has 0 atom stereocenters. The maximum absolute atomic E-state index is 12.4. The highest BCUT2D eigenvalue weighted by Crippen LogP contribution is 2.24. The molecule has 326 valence electrons. The van der Waals surface area contributed by atoms with Gasteiger partial charge in [-0.1, -0.05) is 212 Å². The predicted octanol–water partition coefficient (Wildman–Crippen LogP) is 15.4. The molecule has 0 aliphatic heterocycles. The first kappa shape index (κ1) is 52.1. The third-order valence-corrected chi connectivity index (χ3v) is 11.9. The van der Waals surface area contributed by atoms with Crippen LogP contribution in [-0.4, -0.2) is 43.1 Å². The Bertz CT molecular complexity index is 905. The van der Waals surface area contributed by atoms with Gasteiger partial charge in [-0.2, -0.15) is 0 Å². The Labute approximate surface area is 348 Å². The molecule has 56 heavy (non-hydrogen) atoms. The number of carbonyl (C=O) groups is 2. The number of unbranched alkanes of at least 4 members (excludes halogenated alkanes) is 18. The zero-order valence-corrected chi connectivity index (χ0v) is 37.8. The van der Waals surface area contributed by atoms with E-state index in [2.05, 4.69) is 62.9 Å². The molecule has 0 heterocycles. The minimum absolute atomic E-state index is 0.0158. The van der Waals surface area contributed by atoms with Gasteiger partial charge in [0.05, 0.1) is 13.2 Å². The molecule has 0 saturated carbocycles. The summed E-state index contributed by atoms with van der Waals surface area (Å²) in [4.78, 5) is 27.5. The molecular formula is C51H93NO4. The summed E-state index contributed by atoms with van der Waals surface area (Å²) < 4.78 is 11.2. The van der Waals surface area contributed by atoms with Gasteiger partial charge in [0.1, 0.15) is 0 Å². The zero-order valence-electron chi connectivity index (χ0n) is 37.8. The van der Waals surface area contributed by atoms with Gasteiger partial charge in [0.2, 0.25) is 0 Å². The molecule has 1 aromatic carbocycles. The monoisotopic (exact) mass is 784 g/mol. The first-order chi connectivity index (χ1) is 27.5. The molecule has 0 saturated heterocycles. The molecule has 0 aromatic heterocycles. The summed E-state index contributed by atoms with van der Waals surface area (Å²) in [7, 11) is 0. The van der Waals surface area contributed by atoms with Crippen molar-refractivity contribution in [2.75, 3.05) is 26.3 Å². The van der Waals surface area contributed by atoms with E-state index in [0.29, 0.717) is 37.9 Å². The first-order valence-corrected chi connectivity index (χ1v) is 24.6. The van der Waals surface area contributed by atoms with E-state index in [9.17, 15) is 9.59 Å². The molecule has 0 aliphatic carbocycles. The maximum Gasteiger partial charge on any atom is 0.305 e. The molecule has 1 aromatic rings. The van der Waals surface area contributed by atoms with Crippen molar-refractivity contribution < 1.29 is 19.1 Å². The molecule has 0 N–H and O–H groups in total. The zero-order chi connectivity index (χ0) is 40.6. The van der Waals surface area contributed by atoms with E-state index in [0.717, 1.165) is 58.2 Å². The SMILES string of the molecule is CCCCCC(CCCCC)CCC(=O)OCCCCCCCCN(CCCCCCCCOC(=O)CCC(CCCCC)CCCCC)Cc1ccccc1. The van der Waals surface area contributed by atoms with Crippen molar-refractivity contribution in [1.82, 2.24) is 4.90 Å². The van der Waals surface area contributed by atoms with E-state index in [1.807, 2.05) is 0 Å². The van der Waals surface area contributed by atoms with E-state index in [1.54, 1.807) is 0 Å². The smallest absolute Gasteiger partial charge is 0.305 e. The average molecular weight is 784 g/mol. The van der Waals surface area contributed by atoms with Crippen LogP contribution in [-0.2, 0) is 25.6 Å². The largest absolute Gasteiger partial charge is 0.466 e. The van der Waals surface area contributed by atoms with Gasteiger partial charge in [0.15, 0.2) is 0 Å². The lowest BCUT2D eigenvalue weighted by atomic mass is 9.91. The van der Waals surface area contributed by atoms with Crippen molar-refractivity contribution in [3.05, 3.63) is 35.9 Å². The van der Waals surface area contributed by atoms with Crippen LogP contribution in [0.25, 0.3) is 0 Å². The van der Waals surface area contributed by atoms with Crippen molar-refractivity contribution in [3.63, 3.8) is 0 Å². The van der Waals surface area contributed by atoms with Crippen molar-refractivity contribution in [2.45, 2.75) is 240 Å². The molecule has 0 unspecified atom stereocenters. The molecule has 5 heteroatoms.